The number of hydrogen-bond acceptors (Lipinski definition) is 0. The maximum absolute atomic E-state index is 6.62. The molecule has 0 saturated carbocycles. The molecule has 0 nitrogen and oxygen atoms in total. The summed E-state index contributed by atoms with van der Waals surface area (Å²) in [5, 5.41) is 0. The molecule has 0 aromatic rings. The van der Waals surface area contributed by atoms with Gasteiger partial charge in [-0.15, -0.1) is 23.8 Å². The Hall–Kier alpha value is 3.78. The molecule has 0 N–H and O–H groups in total. The van der Waals surface area contributed by atoms with Crippen molar-refractivity contribution in [1.82, 2.24) is 0 Å². The van der Waals surface area contributed by atoms with Crippen LogP contribution in [0.25, 0.3) is 0 Å². The molecule has 8 heteroatoms. The van der Waals surface area contributed by atoms with Gasteiger partial charge in [-0.3, -0.25) is 0 Å². The van der Waals surface area contributed by atoms with Gasteiger partial charge in [0.25, 0.3) is 0 Å². The molecule has 0 fully saturated rings. The van der Waals surface area contributed by atoms with Crippen molar-refractivity contribution in [2.24, 2.45) is 0 Å². The molecule has 2 unspecified atom stereocenters. The number of halogens is 2. The van der Waals surface area contributed by atoms with Crippen LogP contribution in [-0.4, -0.2) is 70.8 Å². The van der Waals surface area contributed by atoms with Gasteiger partial charge in [0.15, 0.2) is 0 Å². The summed E-state index contributed by atoms with van der Waals surface area (Å²) in [7, 11) is 0.499. The van der Waals surface area contributed by atoms with Gasteiger partial charge in [0.2, 0.25) is 0 Å². The van der Waals surface area contributed by atoms with E-state index < -0.39 is 4.07 Å². The van der Waals surface area contributed by atoms with E-state index >= 15 is 0 Å². The molecule has 2 radical (unpaired) electrons. The summed E-state index contributed by atoms with van der Waals surface area (Å²) in [6.07, 6.45) is 12.0. The topological polar surface area (TPSA) is 0 Å². The van der Waals surface area contributed by atoms with Crippen LogP contribution in [-0.2, 0) is 44.8 Å². The van der Waals surface area contributed by atoms with Gasteiger partial charge in [0.05, 0.1) is 0 Å². The van der Waals surface area contributed by atoms with E-state index in [2.05, 4.69) is 69.2 Å². The van der Waals surface area contributed by atoms with Gasteiger partial charge >= 0.3 is 0 Å². The monoisotopic (exact) mass is 902 g/mol. The summed E-state index contributed by atoms with van der Waals surface area (Å²) in [6, 6.07) is 0. The molecule has 2 atom stereocenters. The standard InChI is InChI=1S/C11H24Cl2P2.C11H26P2.2Au/c1-6-14(7-2)10(5)11(12,13)15(8-3)9-4;1-6-12(7-2)10-11(5)13(8-3)9-4;;/h10H,6-9H2,1-5H3;11H,6-10H2,1-5H3;;. The molecule has 194 valence electrons. The number of alkyl halides is 2. The van der Waals surface area contributed by atoms with Gasteiger partial charge < -0.3 is 0 Å². The summed E-state index contributed by atoms with van der Waals surface area (Å²) in [6.45, 7) is 23.1. The number of rotatable bonds is 14. The summed E-state index contributed by atoms with van der Waals surface area (Å²) >= 11 is 13.2. The van der Waals surface area contributed by atoms with Gasteiger partial charge in [0, 0.05) is 50.4 Å². The van der Waals surface area contributed by atoms with E-state index in [1.165, 1.54) is 43.1 Å². The molecular formula is C22H50Au2Cl2P4. The zero-order valence-electron chi connectivity index (χ0n) is 21.2. The third-order valence-electron chi connectivity index (χ3n) is 5.90. The van der Waals surface area contributed by atoms with Crippen LogP contribution in [0.2, 0.25) is 0 Å². The van der Waals surface area contributed by atoms with E-state index in [1.54, 1.807) is 0 Å². The Morgan fingerprint density at radius 3 is 1.23 bits per heavy atom. The fourth-order valence-corrected chi connectivity index (χ4v) is 15.8. The molecule has 0 amide bonds. The van der Waals surface area contributed by atoms with Crippen molar-refractivity contribution in [3.63, 3.8) is 0 Å². The second kappa shape index (κ2) is 24.5. The van der Waals surface area contributed by atoms with E-state index in [1.807, 2.05) is 0 Å². The molecule has 0 aliphatic heterocycles. The molecule has 0 aliphatic carbocycles. The fourth-order valence-electron chi connectivity index (χ4n) is 3.72. The van der Waals surface area contributed by atoms with Crippen molar-refractivity contribution in [2.45, 2.75) is 84.6 Å². The normalized spacial score (nSPS) is 13.6. The summed E-state index contributed by atoms with van der Waals surface area (Å²) in [4.78, 5) is 0. The van der Waals surface area contributed by atoms with E-state index in [4.69, 9.17) is 23.2 Å². The molecule has 30 heavy (non-hydrogen) atoms. The molecule has 0 spiro atoms. The van der Waals surface area contributed by atoms with Gasteiger partial charge in [-0.1, -0.05) is 100 Å². The van der Waals surface area contributed by atoms with Crippen molar-refractivity contribution < 1.29 is 44.8 Å². The average molecular weight is 903 g/mol. The Bertz CT molecular complexity index is 350. The molecule has 0 aliphatic rings. The first-order valence-corrected chi connectivity index (χ1v) is 19.4. The molecule has 0 aromatic heterocycles. The Kier molecular flexibility index (Phi) is 33.4. The van der Waals surface area contributed by atoms with E-state index in [0.717, 1.165) is 18.0 Å². The molecule has 0 aromatic carbocycles. The minimum Gasteiger partial charge on any atom is -0.107 e. The quantitative estimate of drug-likeness (QED) is 0.0926. The van der Waals surface area contributed by atoms with Gasteiger partial charge in [0.1, 0.15) is 4.07 Å². The smallest absolute Gasteiger partial charge is 0.107 e. The zero-order chi connectivity index (χ0) is 22.3. The first-order chi connectivity index (χ1) is 13.1. The van der Waals surface area contributed by atoms with E-state index in [-0.39, 0.29) is 60.6 Å². The third kappa shape index (κ3) is 15.7. The SMILES string of the molecule is CCP(CC)C(C)C(Cl)(Cl)P(CC)CC.CCP(CC)CC(C)P(CC)CC.[Au].[Au]. The fraction of sp³-hybridized carbons (Fsp3) is 1.00. The summed E-state index contributed by atoms with van der Waals surface area (Å²) in [5.74, 6) is 0. The van der Waals surface area contributed by atoms with Crippen LogP contribution in [0.4, 0.5) is 0 Å². The van der Waals surface area contributed by atoms with Crippen molar-refractivity contribution in [2.75, 3.05) is 55.5 Å². The minimum atomic E-state index is -0.462. The van der Waals surface area contributed by atoms with E-state index in [0.29, 0.717) is 21.5 Å². The Morgan fingerprint density at radius 1 is 0.600 bits per heavy atom. The van der Waals surface area contributed by atoms with Crippen molar-refractivity contribution >= 4 is 54.9 Å². The van der Waals surface area contributed by atoms with Gasteiger partial charge in [-0.05, 0) is 61.1 Å². The number of hydrogen-bond donors (Lipinski definition) is 0. The maximum Gasteiger partial charge on any atom is 0.143 e. The summed E-state index contributed by atoms with van der Waals surface area (Å²) in [5.41, 5.74) is 1.49. The van der Waals surface area contributed by atoms with Crippen LogP contribution in [0.5, 0.6) is 0 Å². The van der Waals surface area contributed by atoms with Crippen LogP contribution in [0.1, 0.15) is 69.2 Å². The minimum absolute atomic E-state index is 0. The first kappa shape index (κ1) is 40.9. The Labute approximate surface area is 237 Å². The second-order valence-corrected chi connectivity index (χ2v) is 21.7. The van der Waals surface area contributed by atoms with Crippen LogP contribution in [0, 0.1) is 0 Å². The van der Waals surface area contributed by atoms with E-state index in [9.17, 15) is 0 Å². The molecule has 0 saturated heterocycles. The molecule has 0 bridgehead atoms. The molecule has 0 heterocycles. The average Bonchev–Trinajstić information content (AvgIpc) is 2.69. The predicted octanol–water partition coefficient (Wildman–Crippen LogP) is 9.96. The Morgan fingerprint density at radius 2 is 0.967 bits per heavy atom. The largest absolute Gasteiger partial charge is 0.143 e. The van der Waals surface area contributed by atoms with Gasteiger partial charge in [-0.25, -0.2) is 0 Å². The predicted molar refractivity (Wildman–Crippen MR) is 150 cm³/mol. The van der Waals surface area contributed by atoms with Crippen molar-refractivity contribution in [3.8, 4) is 0 Å². The Balaban J connectivity index is -0.000000213. The summed E-state index contributed by atoms with van der Waals surface area (Å²) < 4.78 is -0.462. The van der Waals surface area contributed by atoms with Crippen LogP contribution in [0.15, 0.2) is 0 Å². The third-order valence-corrected chi connectivity index (χ3v) is 20.6. The van der Waals surface area contributed by atoms with Crippen LogP contribution >= 0.6 is 54.9 Å². The van der Waals surface area contributed by atoms with Gasteiger partial charge in [-0.2, -0.15) is 0 Å². The second-order valence-electron chi connectivity index (χ2n) is 7.21. The zero-order valence-corrected chi connectivity index (χ0v) is 30.6. The van der Waals surface area contributed by atoms with Crippen LogP contribution < -0.4 is 0 Å². The van der Waals surface area contributed by atoms with Crippen LogP contribution in [0.3, 0.4) is 0 Å². The van der Waals surface area contributed by atoms with Crippen molar-refractivity contribution in [3.05, 3.63) is 0 Å². The molecule has 0 rings (SSSR count). The van der Waals surface area contributed by atoms with Crippen molar-refractivity contribution in [1.29, 1.82) is 0 Å². The molecular weight excluding hydrogens is 853 g/mol. The first-order valence-electron chi connectivity index (χ1n) is 11.5. The maximum atomic E-state index is 6.62.